The first kappa shape index (κ1) is 17.3. The molecule has 0 spiro atoms. The van der Waals surface area contributed by atoms with Crippen LogP contribution in [0.5, 0.6) is 0 Å². The molecule has 24 heavy (non-hydrogen) atoms. The van der Waals surface area contributed by atoms with E-state index in [0.717, 1.165) is 38.3 Å². The van der Waals surface area contributed by atoms with E-state index in [-0.39, 0.29) is 17.8 Å². The van der Waals surface area contributed by atoms with Crippen LogP contribution in [0.3, 0.4) is 0 Å². The molecule has 1 N–H and O–H groups in total. The zero-order chi connectivity index (χ0) is 17.1. The molecule has 5 nitrogen and oxygen atoms in total. The highest BCUT2D eigenvalue weighted by atomic mass is 19.1. The molecule has 0 bridgehead atoms. The summed E-state index contributed by atoms with van der Waals surface area (Å²) in [5, 5.41) is 10.0. The third-order valence-electron chi connectivity index (χ3n) is 5.13. The number of aliphatic hydroxyl groups excluding tert-OH is 1. The molecule has 1 aromatic carbocycles. The van der Waals surface area contributed by atoms with Gasteiger partial charge in [-0.2, -0.15) is 0 Å². The Kier molecular flexibility index (Phi) is 5.48. The van der Waals surface area contributed by atoms with Crippen LogP contribution in [0.25, 0.3) is 0 Å². The predicted octanol–water partition coefficient (Wildman–Crippen LogP) is 1.10. The first-order valence-electron chi connectivity index (χ1n) is 8.74. The SMILES string of the molecule is CCN1CCN(CC(=O)N2C[C@H](O)C[C@@H]2c2ccc(F)cc2)CC1. The Morgan fingerprint density at radius 1 is 1.17 bits per heavy atom. The van der Waals surface area contributed by atoms with E-state index in [1.54, 1.807) is 17.0 Å². The van der Waals surface area contributed by atoms with Gasteiger partial charge < -0.3 is 14.9 Å². The summed E-state index contributed by atoms with van der Waals surface area (Å²) in [5.74, 6) is -0.241. The number of aliphatic hydroxyl groups is 1. The molecule has 6 heteroatoms. The van der Waals surface area contributed by atoms with Gasteiger partial charge in [0.25, 0.3) is 0 Å². The molecule has 0 saturated carbocycles. The van der Waals surface area contributed by atoms with Crippen LogP contribution in [0, 0.1) is 5.82 Å². The zero-order valence-electron chi connectivity index (χ0n) is 14.2. The summed E-state index contributed by atoms with van der Waals surface area (Å²) < 4.78 is 13.1. The van der Waals surface area contributed by atoms with E-state index >= 15 is 0 Å². The van der Waals surface area contributed by atoms with Gasteiger partial charge in [-0.05, 0) is 30.7 Å². The number of β-amino-alcohol motifs (C(OH)–C–C–N with tert-alkyl or cyclic N) is 1. The number of nitrogens with zero attached hydrogens (tertiary/aromatic N) is 3. The highest BCUT2D eigenvalue weighted by molar-refractivity contribution is 5.79. The van der Waals surface area contributed by atoms with Crippen LogP contribution < -0.4 is 0 Å². The topological polar surface area (TPSA) is 47.0 Å². The van der Waals surface area contributed by atoms with Crippen molar-refractivity contribution in [3.05, 3.63) is 35.6 Å². The van der Waals surface area contributed by atoms with Gasteiger partial charge in [-0.25, -0.2) is 4.39 Å². The van der Waals surface area contributed by atoms with Crippen LogP contribution in [0.15, 0.2) is 24.3 Å². The van der Waals surface area contributed by atoms with Crippen molar-refractivity contribution < 1.29 is 14.3 Å². The number of likely N-dealkylation sites (N-methyl/N-ethyl adjacent to an activating group) is 1. The van der Waals surface area contributed by atoms with Gasteiger partial charge >= 0.3 is 0 Å². The van der Waals surface area contributed by atoms with Crippen LogP contribution in [-0.2, 0) is 4.79 Å². The van der Waals surface area contributed by atoms with Gasteiger partial charge in [-0.3, -0.25) is 9.69 Å². The number of halogens is 1. The van der Waals surface area contributed by atoms with E-state index in [0.29, 0.717) is 19.5 Å². The normalized spacial score (nSPS) is 26.0. The molecule has 2 saturated heterocycles. The number of amides is 1. The van der Waals surface area contributed by atoms with Crippen molar-refractivity contribution in [1.82, 2.24) is 14.7 Å². The van der Waals surface area contributed by atoms with Crippen molar-refractivity contribution in [1.29, 1.82) is 0 Å². The fourth-order valence-electron chi connectivity index (χ4n) is 3.64. The number of hydrogen-bond acceptors (Lipinski definition) is 4. The molecule has 2 aliphatic heterocycles. The maximum Gasteiger partial charge on any atom is 0.237 e. The van der Waals surface area contributed by atoms with Crippen molar-refractivity contribution in [2.45, 2.75) is 25.5 Å². The van der Waals surface area contributed by atoms with Crippen molar-refractivity contribution in [3.8, 4) is 0 Å². The van der Waals surface area contributed by atoms with E-state index in [9.17, 15) is 14.3 Å². The maximum atomic E-state index is 13.1. The average Bonchev–Trinajstić information content (AvgIpc) is 2.98. The number of rotatable bonds is 4. The van der Waals surface area contributed by atoms with Gasteiger partial charge in [-0.1, -0.05) is 19.1 Å². The lowest BCUT2D eigenvalue weighted by atomic mass is 10.0. The molecule has 2 heterocycles. The average molecular weight is 335 g/mol. The molecule has 132 valence electrons. The van der Waals surface area contributed by atoms with Crippen molar-refractivity contribution in [2.75, 3.05) is 45.8 Å². The summed E-state index contributed by atoms with van der Waals surface area (Å²) in [6.45, 7) is 7.74. The van der Waals surface area contributed by atoms with Gasteiger partial charge in [0.2, 0.25) is 5.91 Å². The Morgan fingerprint density at radius 3 is 2.42 bits per heavy atom. The zero-order valence-corrected chi connectivity index (χ0v) is 14.2. The van der Waals surface area contributed by atoms with Crippen LogP contribution in [0.4, 0.5) is 4.39 Å². The van der Waals surface area contributed by atoms with Crippen LogP contribution in [-0.4, -0.2) is 77.6 Å². The number of benzene rings is 1. The summed E-state index contributed by atoms with van der Waals surface area (Å²) in [4.78, 5) is 19.1. The molecule has 2 aliphatic rings. The minimum absolute atomic E-state index is 0.0471. The number of carbonyl (C=O) groups is 1. The molecule has 0 aromatic heterocycles. The van der Waals surface area contributed by atoms with Gasteiger partial charge in [0.15, 0.2) is 0 Å². The molecule has 2 atom stereocenters. The quantitative estimate of drug-likeness (QED) is 0.895. The molecular weight excluding hydrogens is 309 g/mol. The molecule has 3 rings (SSSR count). The first-order chi connectivity index (χ1) is 11.6. The fraction of sp³-hybridized carbons (Fsp3) is 0.611. The third kappa shape index (κ3) is 3.94. The van der Waals surface area contributed by atoms with Crippen LogP contribution in [0.2, 0.25) is 0 Å². The maximum absolute atomic E-state index is 13.1. The lowest BCUT2D eigenvalue weighted by molar-refractivity contribution is -0.134. The van der Waals surface area contributed by atoms with E-state index in [1.165, 1.54) is 12.1 Å². The summed E-state index contributed by atoms with van der Waals surface area (Å²) in [5.41, 5.74) is 0.886. The molecule has 0 unspecified atom stereocenters. The Balaban J connectivity index is 1.63. The molecule has 0 radical (unpaired) electrons. The van der Waals surface area contributed by atoms with Crippen molar-refractivity contribution in [2.24, 2.45) is 0 Å². The lowest BCUT2D eigenvalue weighted by Gasteiger charge is -2.35. The van der Waals surface area contributed by atoms with E-state index in [4.69, 9.17) is 0 Å². The highest BCUT2D eigenvalue weighted by Crippen LogP contribution is 2.32. The second kappa shape index (κ2) is 7.59. The highest BCUT2D eigenvalue weighted by Gasteiger charge is 2.35. The van der Waals surface area contributed by atoms with Gasteiger partial charge in [-0.15, -0.1) is 0 Å². The van der Waals surface area contributed by atoms with E-state index in [2.05, 4.69) is 16.7 Å². The molecule has 0 aliphatic carbocycles. The Labute approximate surface area is 142 Å². The summed E-state index contributed by atoms with van der Waals surface area (Å²) in [6.07, 6.45) is 0.00185. The molecule has 2 fully saturated rings. The molecule has 1 amide bonds. The Hall–Kier alpha value is -1.50. The summed E-state index contributed by atoms with van der Waals surface area (Å²) in [7, 11) is 0. The Bertz CT molecular complexity index is 558. The second-order valence-electron chi connectivity index (χ2n) is 6.71. The number of hydrogen-bond donors (Lipinski definition) is 1. The predicted molar refractivity (Wildman–Crippen MR) is 90.0 cm³/mol. The number of carbonyl (C=O) groups excluding carboxylic acids is 1. The largest absolute Gasteiger partial charge is 0.391 e. The van der Waals surface area contributed by atoms with E-state index < -0.39 is 6.10 Å². The van der Waals surface area contributed by atoms with Crippen LogP contribution >= 0.6 is 0 Å². The minimum atomic E-state index is -0.513. The summed E-state index contributed by atoms with van der Waals surface area (Å²) >= 11 is 0. The van der Waals surface area contributed by atoms with E-state index in [1.807, 2.05) is 0 Å². The second-order valence-corrected chi connectivity index (χ2v) is 6.71. The summed E-state index contributed by atoms with van der Waals surface area (Å²) in [6, 6.07) is 6.07. The van der Waals surface area contributed by atoms with Gasteiger partial charge in [0.05, 0.1) is 18.7 Å². The van der Waals surface area contributed by atoms with Crippen LogP contribution in [0.1, 0.15) is 24.9 Å². The van der Waals surface area contributed by atoms with Crippen molar-refractivity contribution >= 4 is 5.91 Å². The third-order valence-corrected chi connectivity index (χ3v) is 5.13. The fourth-order valence-corrected chi connectivity index (χ4v) is 3.64. The smallest absolute Gasteiger partial charge is 0.237 e. The lowest BCUT2D eigenvalue weighted by Crippen LogP contribution is -2.49. The van der Waals surface area contributed by atoms with Gasteiger partial charge in [0.1, 0.15) is 5.82 Å². The number of piperazine rings is 1. The molecular formula is C18H26FN3O2. The number of likely N-dealkylation sites (tertiary alicyclic amines) is 1. The monoisotopic (exact) mass is 335 g/mol. The first-order valence-corrected chi connectivity index (χ1v) is 8.74. The standard InChI is InChI=1S/C18H26FN3O2/c1-2-20-7-9-21(10-8-20)13-18(24)22-12-16(23)11-17(22)14-3-5-15(19)6-4-14/h3-6,16-17,23H,2,7-13H2,1H3/t16-,17-/m1/s1. The minimum Gasteiger partial charge on any atom is -0.391 e. The van der Waals surface area contributed by atoms with Crippen molar-refractivity contribution in [3.63, 3.8) is 0 Å². The Morgan fingerprint density at radius 2 is 1.79 bits per heavy atom. The van der Waals surface area contributed by atoms with Gasteiger partial charge in [0, 0.05) is 32.7 Å². The molecule has 1 aromatic rings.